The van der Waals surface area contributed by atoms with Crippen LogP contribution in [0.4, 0.5) is 0 Å². The predicted octanol–water partition coefficient (Wildman–Crippen LogP) is 3.30. The first-order valence-electron chi connectivity index (χ1n) is 6.27. The van der Waals surface area contributed by atoms with Gasteiger partial charge in [0.2, 0.25) is 0 Å². The molecule has 0 spiro atoms. The average Bonchev–Trinajstić information content (AvgIpc) is 2.35. The van der Waals surface area contributed by atoms with Crippen LogP contribution >= 0.6 is 0 Å². The van der Waals surface area contributed by atoms with Crippen LogP contribution in [0.1, 0.15) is 37.6 Å². The second-order valence-electron chi connectivity index (χ2n) is 5.48. The van der Waals surface area contributed by atoms with Crippen molar-refractivity contribution < 1.29 is 19.0 Å². The highest BCUT2D eigenvalue weighted by Crippen LogP contribution is 2.29. The molecule has 0 heterocycles. The van der Waals surface area contributed by atoms with Crippen molar-refractivity contribution in [3.8, 4) is 11.5 Å². The average molecular weight is 266 g/mol. The molecule has 0 unspecified atom stereocenters. The Bertz CT molecular complexity index is 410. The van der Waals surface area contributed by atoms with Gasteiger partial charge in [-0.15, -0.1) is 0 Å². The fourth-order valence-corrected chi connectivity index (χ4v) is 1.57. The Balaban J connectivity index is 2.81. The van der Waals surface area contributed by atoms with Gasteiger partial charge < -0.3 is 14.2 Å². The lowest BCUT2D eigenvalue weighted by atomic mass is 9.93. The first-order chi connectivity index (χ1) is 8.89. The molecular weight excluding hydrogens is 244 g/mol. The maximum absolute atomic E-state index is 12.1. The summed E-state index contributed by atoms with van der Waals surface area (Å²) in [5.74, 6) is 0.499. The Labute approximate surface area is 114 Å². The van der Waals surface area contributed by atoms with Crippen LogP contribution in [0.3, 0.4) is 0 Å². The van der Waals surface area contributed by atoms with Crippen LogP contribution in [-0.2, 0) is 4.74 Å². The van der Waals surface area contributed by atoms with Crippen LogP contribution in [0.5, 0.6) is 11.5 Å². The Morgan fingerprint density at radius 1 is 1.11 bits per heavy atom. The van der Waals surface area contributed by atoms with Crippen molar-refractivity contribution in [2.75, 3.05) is 20.8 Å². The number of esters is 1. The number of benzene rings is 1. The van der Waals surface area contributed by atoms with Gasteiger partial charge in [-0.25, -0.2) is 4.79 Å². The van der Waals surface area contributed by atoms with E-state index >= 15 is 0 Å². The Morgan fingerprint density at radius 3 is 2.05 bits per heavy atom. The third-order valence-electron chi connectivity index (χ3n) is 2.72. The van der Waals surface area contributed by atoms with E-state index < -0.39 is 5.97 Å². The second-order valence-corrected chi connectivity index (χ2v) is 5.48. The molecule has 1 aromatic carbocycles. The van der Waals surface area contributed by atoms with E-state index in [9.17, 15) is 4.79 Å². The van der Waals surface area contributed by atoms with Gasteiger partial charge in [-0.1, -0.05) is 26.8 Å². The molecule has 1 aromatic rings. The van der Waals surface area contributed by atoms with Crippen LogP contribution < -0.4 is 9.47 Å². The summed E-state index contributed by atoms with van der Waals surface area (Å²) < 4.78 is 15.6. The lowest BCUT2D eigenvalue weighted by Gasteiger charge is -2.18. The summed E-state index contributed by atoms with van der Waals surface area (Å²) in [4.78, 5) is 12.1. The molecule has 0 amide bonds. The third kappa shape index (κ3) is 4.47. The molecule has 4 heteroatoms. The predicted molar refractivity (Wildman–Crippen MR) is 73.9 cm³/mol. The van der Waals surface area contributed by atoms with Gasteiger partial charge in [0.25, 0.3) is 0 Å². The molecule has 19 heavy (non-hydrogen) atoms. The van der Waals surface area contributed by atoms with Crippen LogP contribution in [0.25, 0.3) is 0 Å². The van der Waals surface area contributed by atoms with E-state index in [1.54, 1.807) is 18.2 Å². The third-order valence-corrected chi connectivity index (χ3v) is 2.72. The van der Waals surface area contributed by atoms with E-state index in [0.717, 1.165) is 6.42 Å². The van der Waals surface area contributed by atoms with Gasteiger partial charge >= 0.3 is 5.97 Å². The largest absolute Gasteiger partial charge is 0.496 e. The van der Waals surface area contributed by atoms with Crippen molar-refractivity contribution in [1.29, 1.82) is 0 Å². The summed E-state index contributed by atoms with van der Waals surface area (Å²) in [6, 6.07) is 5.19. The maximum Gasteiger partial charge on any atom is 0.345 e. The molecule has 0 aliphatic carbocycles. The summed E-state index contributed by atoms with van der Waals surface area (Å²) >= 11 is 0. The van der Waals surface area contributed by atoms with Gasteiger partial charge in [0.15, 0.2) is 0 Å². The first kappa shape index (κ1) is 15.3. The topological polar surface area (TPSA) is 44.8 Å². The standard InChI is InChI=1S/C15H22O4/c1-15(2,3)9-10-19-14(16)13-11(17-4)7-6-8-12(13)18-5/h6-8H,9-10H2,1-5H3. The van der Waals surface area contributed by atoms with Gasteiger partial charge in [-0.3, -0.25) is 0 Å². The number of ether oxygens (including phenoxy) is 3. The summed E-state index contributed by atoms with van der Waals surface area (Å²) in [7, 11) is 3.03. The number of hydrogen-bond donors (Lipinski definition) is 0. The maximum atomic E-state index is 12.1. The molecule has 0 fully saturated rings. The molecule has 106 valence electrons. The normalized spacial score (nSPS) is 11.0. The smallest absolute Gasteiger partial charge is 0.345 e. The quantitative estimate of drug-likeness (QED) is 0.767. The molecule has 0 saturated heterocycles. The van der Waals surface area contributed by atoms with Crippen molar-refractivity contribution in [3.05, 3.63) is 23.8 Å². The summed E-state index contributed by atoms with van der Waals surface area (Å²) in [5.41, 5.74) is 0.465. The van der Waals surface area contributed by atoms with Crippen LogP contribution in [0.15, 0.2) is 18.2 Å². The summed E-state index contributed by atoms with van der Waals surface area (Å²) in [5, 5.41) is 0. The molecule has 4 nitrogen and oxygen atoms in total. The van der Waals surface area contributed by atoms with E-state index in [-0.39, 0.29) is 5.41 Å². The second kappa shape index (κ2) is 6.45. The molecular formula is C15H22O4. The SMILES string of the molecule is COc1cccc(OC)c1C(=O)OCCC(C)(C)C. The van der Waals surface area contributed by atoms with E-state index in [0.29, 0.717) is 23.7 Å². The zero-order valence-electron chi connectivity index (χ0n) is 12.3. The Kier molecular flexibility index (Phi) is 5.21. The van der Waals surface area contributed by atoms with E-state index in [2.05, 4.69) is 20.8 Å². The van der Waals surface area contributed by atoms with Crippen LogP contribution in [0, 0.1) is 5.41 Å². The highest BCUT2D eigenvalue weighted by molar-refractivity contribution is 5.95. The molecule has 0 aromatic heterocycles. The monoisotopic (exact) mass is 266 g/mol. The molecule has 0 N–H and O–H groups in total. The van der Waals surface area contributed by atoms with Crippen LogP contribution in [-0.4, -0.2) is 26.8 Å². The van der Waals surface area contributed by atoms with Crippen molar-refractivity contribution in [1.82, 2.24) is 0 Å². The Hall–Kier alpha value is -1.71. The van der Waals surface area contributed by atoms with E-state index in [1.165, 1.54) is 14.2 Å². The van der Waals surface area contributed by atoms with E-state index in [4.69, 9.17) is 14.2 Å². The summed E-state index contributed by atoms with van der Waals surface area (Å²) in [6.45, 7) is 6.68. The van der Waals surface area contributed by atoms with Gasteiger partial charge in [0, 0.05) is 0 Å². The first-order valence-corrected chi connectivity index (χ1v) is 6.27. The summed E-state index contributed by atoms with van der Waals surface area (Å²) in [6.07, 6.45) is 0.802. The number of rotatable bonds is 5. The fourth-order valence-electron chi connectivity index (χ4n) is 1.57. The molecule has 0 atom stereocenters. The van der Waals surface area contributed by atoms with Crippen molar-refractivity contribution >= 4 is 5.97 Å². The van der Waals surface area contributed by atoms with Crippen LogP contribution in [0.2, 0.25) is 0 Å². The molecule has 0 aliphatic heterocycles. The highest BCUT2D eigenvalue weighted by Gasteiger charge is 2.20. The molecule has 0 radical (unpaired) electrons. The minimum atomic E-state index is -0.418. The van der Waals surface area contributed by atoms with Gasteiger partial charge in [-0.2, -0.15) is 0 Å². The Morgan fingerprint density at radius 2 is 1.63 bits per heavy atom. The number of hydrogen-bond acceptors (Lipinski definition) is 4. The lowest BCUT2D eigenvalue weighted by molar-refractivity contribution is 0.0457. The van der Waals surface area contributed by atoms with Crippen molar-refractivity contribution in [2.45, 2.75) is 27.2 Å². The van der Waals surface area contributed by atoms with Gasteiger partial charge in [0.1, 0.15) is 17.1 Å². The van der Waals surface area contributed by atoms with Gasteiger partial charge in [0.05, 0.1) is 20.8 Å². The lowest BCUT2D eigenvalue weighted by Crippen LogP contribution is -2.14. The minimum absolute atomic E-state index is 0.130. The van der Waals surface area contributed by atoms with Crippen molar-refractivity contribution in [2.24, 2.45) is 5.41 Å². The molecule has 0 saturated carbocycles. The van der Waals surface area contributed by atoms with Crippen molar-refractivity contribution in [3.63, 3.8) is 0 Å². The molecule has 1 rings (SSSR count). The highest BCUT2D eigenvalue weighted by atomic mass is 16.5. The zero-order chi connectivity index (χ0) is 14.5. The molecule has 0 bridgehead atoms. The minimum Gasteiger partial charge on any atom is -0.496 e. The zero-order valence-corrected chi connectivity index (χ0v) is 12.3. The van der Waals surface area contributed by atoms with E-state index in [1.807, 2.05) is 0 Å². The fraction of sp³-hybridized carbons (Fsp3) is 0.533. The number of carbonyl (C=O) groups excluding carboxylic acids is 1. The molecule has 0 aliphatic rings. The number of carbonyl (C=O) groups is 1. The van der Waals surface area contributed by atoms with Gasteiger partial charge in [-0.05, 0) is 24.0 Å². The number of methoxy groups -OCH3 is 2.